The van der Waals surface area contributed by atoms with Gasteiger partial charge < -0.3 is 10.1 Å². The third kappa shape index (κ3) is 6.02. The Morgan fingerprint density at radius 3 is 2.65 bits per heavy atom. The molecule has 0 aliphatic heterocycles. The zero-order chi connectivity index (χ0) is 16.7. The second-order valence-electron chi connectivity index (χ2n) is 5.99. The summed E-state index contributed by atoms with van der Waals surface area (Å²) in [6.45, 7) is 6.65. The normalized spacial score (nSPS) is 12.2. The molecule has 0 bridgehead atoms. The molecule has 4 nitrogen and oxygen atoms in total. The van der Waals surface area contributed by atoms with Crippen LogP contribution in [0.1, 0.15) is 43.4 Å². The first-order chi connectivity index (χ1) is 11.0. The minimum atomic E-state index is -0.0158. The van der Waals surface area contributed by atoms with E-state index >= 15 is 0 Å². The largest absolute Gasteiger partial charge is 0.493 e. The molecule has 23 heavy (non-hydrogen) atoms. The van der Waals surface area contributed by atoms with Crippen LogP contribution in [-0.4, -0.2) is 17.5 Å². The third-order valence-corrected chi connectivity index (χ3v) is 4.39. The van der Waals surface area contributed by atoms with Gasteiger partial charge in [0.2, 0.25) is 5.91 Å². The van der Waals surface area contributed by atoms with E-state index in [0.717, 1.165) is 22.9 Å². The number of benzene rings is 1. The van der Waals surface area contributed by atoms with Gasteiger partial charge in [0.25, 0.3) is 0 Å². The highest BCUT2D eigenvalue weighted by Gasteiger charge is 2.19. The molecule has 0 saturated carbocycles. The fraction of sp³-hybridized carbons (Fsp3) is 0.444. The van der Waals surface area contributed by atoms with E-state index in [4.69, 9.17) is 4.74 Å². The van der Waals surface area contributed by atoms with Crippen molar-refractivity contribution in [2.75, 3.05) is 6.61 Å². The van der Waals surface area contributed by atoms with Gasteiger partial charge in [-0.2, -0.15) is 0 Å². The van der Waals surface area contributed by atoms with Crippen molar-refractivity contribution in [1.82, 2.24) is 10.3 Å². The van der Waals surface area contributed by atoms with Gasteiger partial charge in [0.15, 0.2) is 0 Å². The van der Waals surface area contributed by atoms with E-state index in [1.807, 2.05) is 42.6 Å². The Balaban J connectivity index is 1.85. The van der Waals surface area contributed by atoms with Gasteiger partial charge in [-0.3, -0.25) is 4.79 Å². The van der Waals surface area contributed by atoms with Crippen molar-refractivity contribution >= 4 is 17.2 Å². The standard InChI is InChI=1S/C18H24N2O2S/c1-13(2)11-16(18-19-14(3)12-23-18)20-17(21)9-10-22-15-7-5-4-6-8-15/h4-8,12-13,16H,9-11H2,1-3H3,(H,20,21). The highest BCUT2D eigenvalue weighted by Crippen LogP contribution is 2.24. The van der Waals surface area contributed by atoms with E-state index in [1.165, 1.54) is 0 Å². The SMILES string of the molecule is Cc1csc(C(CC(C)C)NC(=O)CCOc2ccccc2)n1. The van der Waals surface area contributed by atoms with E-state index in [1.54, 1.807) is 11.3 Å². The molecule has 1 aromatic heterocycles. The number of ether oxygens (including phenoxy) is 1. The number of para-hydroxylation sites is 1. The molecule has 1 amide bonds. The zero-order valence-corrected chi connectivity index (χ0v) is 14.7. The van der Waals surface area contributed by atoms with Crippen LogP contribution in [0.2, 0.25) is 0 Å². The second kappa shape index (κ2) is 8.67. The van der Waals surface area contributed by atoms with Crippen LogP contribution < -0.4 is 10.1 Å². The smallest absolute Gasteiger partial charge is 0.223 e. The minimum Gasteiger partial charge on any atom is -0.493 e. The number of nitrogens with zero attached hydrogens (tertiary/aromatic N) is 1. The fourth-order valence-corrected chi connectivity index (χ4v) is 3.13. The quantitative estimate of drug-likeness (QED) is 0.791. The molecule has 1 aromatic carbocycles. The van der Waals surface area contributed by atoms with Crippen LogP contribution in [0.3, 0.4) is 0 Å². The maximum Gasteiger partial charge on any atom is 0.223 e. The first-order valence-corrected chi connectivity index (χ1v) is 8.82. The molecule has 0 fully saturated rings. The second-order valence-corrected chi connectivity index (χ2v) is 6.88. The molecule has 0 aliphatic carbocycles. The van der Waals surface area contributed by atoms with Crippen LogP contribution in [0.5, 0.6) is 5.75 Å². The summed E-state index contributed by atoms with van der Waals surface area (Å²) < 4.78 is 5.58. The van der Waals surface area contributed by atoms with Gasteiger partial charge in [-0.15, -0.1) is 11.3 Å². The number of thiazole rings is 1. The topological polar surface area (TPSA) is 51.2 Å². The fourth-order valence-electron chi connectivity index (χ4n) is 2.27. The van der Waals surface area contributed by atoms with E-state index in [2.05, 4.69) is 24.1 Å². The summed E-state index contributed by atoms with van der Waals surface area (Å²) in [5.41, 5.74) is 1.00. The van der Waals surface area contributed by atoms with Gasteiger partial charge in [-0.25, -0.2) is 4.98 Å². The van der Waals surface area contributed by atoms with Crippen molar-refractivity contribution < 1.29 is 9.53 Å². The third-order valence-electron chi connectivity index (χ3n) is 3.32. The number of rotatable bonds is 8. The van der Waals surface area contributed by atoms with Crippen molar-refractivity contribution in [2.45, 2.75) is 39.7 Å². The maximum absolute atomic E-state index is 12.2. The van der Waals surface area contributed by atoms with E-state index < -0.39 is 0 Å². The Hall–Kier alpha value is -1.88. The van der Waals surface area contributed by atoms with Gasteiger partial charge in [0, 0.05) is 11.1 Å². The number of hydrogen-bond acceptors (Lipinski definition) is 4. The van der Waals surface area contributed by atoms with Gasteiger partial charge >= 0.3 is 0 Å². The Bertz CT molecular complexity index is 610. The van der Waals surface area contributed by atoms with Gasteiger partial charge in [0.05, 0.1) is 19.1 Å². The van der Waals surface area contributed by atoms with Crippen molar-refractivity contribution in [3.8, 4) is 5.75 Å². The number of carbonyl (C=O) groups excluding carboxylic acids is 1. The number of hydrogen-bond donors (Lipinski definition) is 1. The predicted molar refractivity (Wildman–Crippen MR) is 93.7 cm³/mol. The zero-order valence-electron chi connectivity index (χ0n) is 13.9. The minimum absolute atomic E-state index is 0.000524. The summed E-state index contributed by atoms with van der Waals surface area (Å²) in [5.74, 6) is 1.28. The lowest BCUT2D eigenvalue weighted by Gasteiger charge is -2.18. The van der Waals surface area contributed by atoms with Gasteiger partial charge in [-0.05, 0) is 31.4 Å². The molecule has 124 valence electrons. The van der Waals surface area contributed by atoms with Gasteiger partial charge in [-0.1, -0.05) is 32.0 Å². The summed E-state index contributed by atoms with van der Waals surface area (Å²) in [4.78, 5) is 16.7. The number of aryl methyl sites for hydroxylation is 1. The van der Waals surface area contributed by atoms with Crippen molar-refractivity contribution in [2.24, 2.45) is 5.92 Å². The molecule has 2 aromatic rings. The van der Waals surface area contributed by atoms with Crippen LogP contribution in [0, 0.1) is 12.8 Å². The first-order valence-electron chi connectivity index (χ1n) is 7.94. The molecule has 2 rings (SSSR count). The molecule has 1 atom stereocenters. The Kier molecular flexibility index (Phi) is 6.59. The van der Waals surface area contributed by atoms with Crippen LogP contribution in [0.15, 0.2) is 35.7 Å². The highest BCUT2D eigenvalue weighted by atomic mass is 32.1. The lowest BCUT2D eigenvalue weighted by atomic mass is 10.0. The average Bonchev–Trinajstić information content (AvgIpc) is 2.94. The highest BCUT2D eigenvalue weighted by molar-refractivity contribution is 7.09. The molecular formula is C18H24N2O2S. The van der Waals surface area contributed by atoms with Crippen molar-refractivity contribution in [3.05, 3.63) is 46.4 Å². The summed E-state index contributed by atoms with van der Waals surface area (Å²) in [5, 5.41) is 6.09. The molecule has 1 N–H and O–H groups in total. The monoisotopic (exact) mass is 332 g/mol. The molecule has 0 saturated heterocycles. The molecule has 0 radical (unpaired) electrons. The Labute approximate surface area is 141 Å². The Morgan fingerprint density at radius 1 is 1.30 bits per heavy atom. The summed E-state index contributed by atoms with van der Waals surface area (Å²) in [6, 6.07) is 9.53. The van der Waals surface area contributed by atoms with Crippen LogP contribution >= 0.6 is 11.3 Å². The van der Waals surface area contributed by atoms with E-state index in [-0.39, 0.29) is 11.9 Å². The molecular weight excluding hydrogens is 308 g/mol. The van der Waals surface area contributed by atoms with Crippen LogP contribution in [0.4, 0.5) is 0 Å². The molecule has 0 aliphatic rings. The Morgan fingerprint density at radius 2 is 2.04 bits per heavy atom. The van der Waals surface area contributed by atoms with E-state index in [9.17, 15) is 4.79 Å². The number of aromatic nitrogens is 1. The first kappa shape index (κ1) is 17.5. The lowest BCUT2D eigenvalue weighted by Crippen LogP contribution is -2.30. The number of nitrogens with one attached hydrogen (secondary N) is 1. The van der Waals surface area contributed by atoms with Crippen molar-refractivity contribution in [1.29, 1.82) is 0 Å². The maximum atomic E-state index is 12.2. The molecule has 0 spiro atoms. The van der Waals surface area contributed by atoms with Crippen molar-refractivity contribution in [3.63, 3.8) is 0 Å². The summed E-state index contributed by atoms with van der Waals surface area (Å²) in [7, 11) is 0. The van der Waals surface area contributed by atoms with E-state index in [0.29, 0.717) is 18.9 Å². The van der Waals surface area contributed by atoms with Crippen LogP contribution in [-0.2, 0) is 4.79 Å². The summed E-state index contributed by atoms with van der Waals surface area (Å²) >= 11 is 1.61. The molecule has 5 heteroatoms. The molecule has 1 unspecified atom stereocenters. The molecule has 1 heterocycles. The van der Waals surface area contributed by atoms with Gasteiger partial charge in [0.1, 0.15) is 10.8 Å². The predicted octanol–water partition coefficient (Wildman–Crippen LogP) is 4.12. The number of amides is 1. The lowest BCUT2D eigenvalue weighted by molar-refractivity contribution is -0.122. The summed E-state index contributed by atoms with van der Waals surface area (Å²) in [6.07, 6.45) is 1.23. The average molecular weight is 332 g/mol. The van der Waals surface area contributed by atoms with Crippen LogP contribution in [0.25, 0.3) is 0 Å². The number of carbonyl (C=O) groups is 1.